The van der Waals surface area contributed by atoms with Crippen LogP contribution in [0, 0.1) is 3.57 Å². The van der Waals surface area contributed by atoms with Crippen molar-refractivity contribution in [3.05, 3.63) is 33.9 Å². The second kappa shape index (κ2) is 4.80. The van der Waals surface area contributed by atoms with E-state index in [4.69, 9.17) is 15.2 Å². The number of imidazole rings is 1. The van der Waals surface area contributed by atoms with E-state index in [2.05, 4.69) is 32.6 Å². The zero-order chi connectivity index (χ0) is 14.4. The lowest BCUT2D eigenvalue weighted by Gasteiger charge is -2.17. The van der Waals surface area contributed by atoms with Crippen LogP contribution in [-0.2, 0) is 0 Å². The highest BCUT2D eigenvalue weighted by Gasteiger charge is 2.16. The Morgan fingerprint density at radius 1 is 1.10 bits per heavy atom. The van der Waals surface area contributed by atoms with E-state index in [0.717, 1.165) is 37.5 Å². The molecule has 6 heteroatoms. The number of rotatable bonds is 1. The number of nitrogens with one attached hydrogen (secondary N) is 1. The molecule has 0 atom stereocenters. The van der Waals surface area contributed by atoms with Crippen molar-refractivity contribution in [2.45, 2.75) is 0 Å². The number of hydrogen-bond acceptors (Lipinski definition) is 4. The number of aromatic nitrogens is 2. The van der Waals surface area contributed by atoms with Gasteiger partial charge in [-0.05, 0) is 40.8 Å². The molecule has 0 bridgehead atoms. The number of benzene rings is 2. The monoisotopic (exact) mass is 393 g/mol. The Kier molecular flexibility index (Phi) is 2.91. The summed E-state index contributed by atoms with van der Waals surface area (Å²) in [6.07, 6.45) is 0. The Hall–Kier alpha value is -1.96. The summed E-state index contributed by atoms with van der Waals surface area (Å²) in [7, 11) is 0. The summed E-state index contributed by atoms with van der Waals surface area (Å²) in [6, 6.07) is 9.70. The Labute approximate surface area is 134 Å². The number of anilines is 1. The quantitative estimate of drug-likeness (QED) is 0.492. The molecular weight excluding hydrogens is 381 g/mol. The molecular formula is C15H12IN3O2. The maximum Gasteiger partial charge on any atom is 0.163 e. The zero-order valence-corrected chi connectivity index (χ0v) is 13.2. The second-order valence-electron chi connectivity index (χ2n) is 4.83. The molecule has 106 valence electrons. The summed E-state index contributed by atoms with van der Waals surface area (Å²) in [4.78, 5) is 7.92. The van der Waals surface area contributed by atoms with Gasteiger partial charge in [-0.2, -0.15) is 0 Å². The first kappa shape index (κ1) is 12.8. The SMILES string of the molecule is Nc1ccc(I)cc1-c1nc2cc3c(cc2[nH]1)OCCO3. The topological polar surface area (TPSA) is 73.2 Å². The third-order valence-electron chi connectivity index (χ3n) is 3.42. The minimum Gasteiger partial charge on any atom is -0.486 e. The summed E-state index contributed by atoms with van der Waals surface area (Å²) in [5.74, 6) is 2.24. The van der Waals surface area contributed by atoms with Gasteiger partial charge in [-0.25, -0.2) is 4.98 Å². The number of nitrogen functional groups attached to an aromatic ring is 1. The molecule has 0 fully saturated rings. The van der Waals surface area contributed by atoms with Crippen molar-refractivity contribution in [2.75, 3.05) is 18.9 Å². The highest BCUT2D eigenvalue weighted by Crippen LogP contribution is 2.35. The fraction of sp³-hybridized carbons (Fsp3) is 0.133. The van der Waals surface area contributed by atoms with Gasteiger partial charge in [0.2, 0.25) is 0 Å². The number of nitrogens with zero attached hydrogens (tertiary/aromatic N) is 1. The van der Waals surface area contributed by atoms with Gasteiger partial charge in [-0.1, -0.05) is 0 Å². The molecule has 2 aromatic carbocycles. The molecule has 0 unspecified atom stereocenters. The van der Waals surface area contributed by atoms with E-state index in [1.807, 2.05) is 30.3 Å². The van der Waals surface area contributed by atoms with E-state index in [0.29, 0.717) is 18.9 Å². The molecule has 0 aliphatic carbocycles. The predicted octanol–water partition coefficient (Wildman–Crippen LogP) is 3.19. The van der Waals surface area contributed by atoms with Gasteiger partial charge < -0.3 is 20.2 Å². The van der Waals surface area contributed by atoms with Crippen LogP contribution in [0.3, 0.4) is 0 Å². The van der Waals surface area contributed by atoms with Gasteiger partial charge in [0.25, 0.3) is 0 Å². The molecule has 3 N–H and O–H groups in total. The summed E-state index contributed by atoms with van der Waals surface area (Å²) in [6.45, 7) is 1.14. The molecule has 1 aromatic heterocycles. The number of hydrogen-bond donors (Lipinski definition) is 2. The molecule has 2 heterocycles. The number of fused-ring (bicyclic) bond motifs is 2. The first-order valence-corrected chi connectivity index (χ1v) is 7.63. The average molecular weight is 393 g/mol. The van der Waals surface area contributed by atoms with Crippen LogP contribution in [-0.4, -0.2) is 23.2 Å². The van der Waals surface area contributed by atoms with Crippen molar-refractivity contribution in [2.24, 2.45) is 0 Å². The van der Waals surface area contributed by atoms with Crippen molar-refractivity contribution in [1.82, 2.24) is 9.97 Å². The lowest BCUT2D eigenvalue weighted by molar-refractivity contribution is 0.172. The molecule has 5 nitrogen and oxygen atoms in total. The van der Waals surface area contributed by atoms with Gasteiger partial charge in [0.1, 0.15) is 19.0 Å². The van der Waals surface area contributed by atoms with Gasteiger partial charge in [0, 0.05) is 27.0 Å². The fourth-order valence-electron chi connectivity index (χ4n) is 2.41. The number of aromatic amines is 1. The molecule has 21 heavy (non-hydrogen) atoms. The predicted molar refractivity (Wildman–Crippen MR) is 89.6 cm³/mol. The molecule has 0 spiro atoms. The summed E-state index contributed by atoms with van der Waals surface area (Å²) >= 11 is 2.26. The molecule has 0 saturated heterocycles. The van der Waals surface area contributed by atoms with Crippen LogP contribution in [0.25, 0.3) is 22.4 Å². The van der Waals surface area contributed by atoms with Crippen molar-refractivity contribution in [3.8, 4) is 22.9 Å². The summed E-state index contributed by atoms with van der Waals surface area (Å²) in [5.41, 5.74) is 9.40. The third kappa shape index (κ3) is 2.19. The standard InChI is InChI=1S/C15H12IN3O2/c16-8-1-2-10(17)9(5-8)15-18-11-6-13-14(7-12(11)19-15)21-4-3-20-13/h1-2,5-7H,3-4,17H2,(H,18,19). The van der Waals surface area contributed by atoms with Crippen molar-refractivity contribution < 1.29 is 9.47 Å². The van der Waals surface area contributed by atoms with Crippen LogP contribution < -0.4 is 15.2 Å². The maximum atomic E-state index is 6.05. The second-order valence-corrected chi connectivity index (χ2v) is 6.08. The van der Waals surface area contributed by atoms with Gasteiger partial charge in [-0.3, -0.25) is 0 Å². The van der Waals surface area contributed by atoms with Crippen LogP contribution in [0.1, 0.15) is 0 Å². The molecule has 3 aromatic rings. The van der Waals surface area contributed by atoms with Crippen LogP contribution in [0.2, 0.25) is 0 Å². The Balaban J connectivity index is 1.88. The highest BCUT2D eigenvalue weighted by atomic mass is 127. The number of H-pyrrole nitrogens is 1. The Morgan fingerprint density at radius 3 is 2.67 bits per heavy atom. The Bertz CT molecular complexity index is 801. The number of nitrogens with two attached hydrogens (primary N) is 1. The van der Waals surface area contributed by atoms with E-state index in [1.165, 1.54) is 0 Å². The van der Waals surface area contributed by atoms with Crippen LogP contribution >= 0.6 is 22.6 Å². The molecule has 4 rings (SSSR count). The van der Waals surface area contributed by atoms with Crippen molar-refractivity contribution in [1.29, 1.82) is 0 Å². The van der Waals surface area contributed by atoms with Crippen LogP contribution in [0.5, 0.6) is 11.5 Å². The van der Waals surface area contributed by atoms with Gasteiger partial charge in [-0.15, -0.1) is 0 Å². The molecule has 1 aliphatic heterocycles. The Morgan fingerprint density at radius 2 is 1.86 bits per heavy atom. The van der Waals surface area contributed by atoms with Gasteiger partial charge in [0.15, 0.2) is 11.5 Å². The minimum atomic E-state index is 0.569. The van der Waals surface area contributed by atoms with Gasteiger partial charge in [0.05, 0.1) is 11.0 Å². The first-order chi connectivity index (χ1) is 10.2. The van der Waals surface area contributed by atoms with E-state index in [-0.39, 0.29) is 0 Å². The van der Waals surface area contributed by atoms with Gasteiger partial charge >= 0.3 is 0 Å². The van der Waals surface area contributed by atoms with E-state index >= 15 is 0 Å². The van der Waals surface area contributed by atoms with Crippen molar-refractivity contribution in [3.63, 3.8) is 0 Å². The zero-order valence-electron chi connectivity index (χ0n) is 11.0. The smallest absolute Gasteiger partial charge is 0.163 e. The lowest BCUT2D eigenvalue weighted by Crippen LogP contribution is -2.15. The molecule has 0 saturated carbocycles. The number of halogens is 1. The summed E-state index contributed by atoms with van der Waals surface area (Å²) in [5, 5.41) is 0. The van der Waals surface area contributed by atoms with E-state index < -0.39 is 0 Å². The highest BCUT2D eigenvalue weighted by molar-refractivity contribution is 14.1. The molecule has 0 amide bonds. The third-order valence-corrected chi connectivity index (χ3v) is 4.09. The van der Waals surface area contributed by atoms with Crippen molar-refractivity contribution >= 4 is 39.3 Å². The average Bonchev–Trinajstić information content (AvgIpc) is 2.89. The van der Waals surface area contributed by atoms with Crippen LogP contribution in [0.15, 0.2) is 30.3 Å². The first-order valence-electron chi connectivity index (χ1n) is 6.55. The minimum absolute atomic E-state index is 0.569. The fourth-order valence-corrected chi connectivity index (χ4v) is 2.90. The molecule has 0 radical (unpaired) electrons. The van der Waals surface area contributed by atoms with E-state index in [1.54, 1.807) is 0 Å². The lowest BCUT2D eigenvalue weighted by atomic mass is 10.2. The van der Waals surface area contributed by atoms with E-state index in [9.17, 15) is 0 Å². The van der Waals surface area contributed by atoms with Crippen LogP contribution in [0.4, 0.5) is 5.69 Å². The maximum absolute atomic E-state index is 6.05. The number of ether oxygens (including phenoxy) is 2. The largest absolute Gasteiger partial charge is 0.486 e. The molecule has 1 aliphatic rings. The summed E-state index contributed by atoms with van der Waals surface area (Å²) < 4.78 is 12.3. The normalized spacial score (nSPS) is 13.6.